The van der Waals surface area contributed by atoms with E-state index in [-0.39, 0.29) is 11.0 Å². The lowest BCUT2D eigenvalue weighted by atomic mass is 10.2. The van der Waals surface area contributed by atoms with Crippen LogP contribution in [0.25, 0.3) is 0 Å². The van der Waals surface area contributed by atoms with E-state index in [1.807, 2.05) is 13.0 Å². The zero-order valence-electron chi connectivity index (χ0n) is 16.6. The van der Waals surface area contributed by atoms with Crippen LogP contribution in [-0.4, -0.2) is 53.8 Å². The number of likely N-dealkylation sites (tertiary alicyclic amines) is 1. The summed E-state index contributed by atoms with van der Waals surface area (Å²) in [5.74, 6) is 1.51. The summed E-state index contributed by atoms with van der Waals surface area (Å²) in [4.78, 5) is 2.30. The third-order valence-electron chi connectivity index (χ3n) is 4.75. The molecule has 1 heterocycles. The third kappa shape index (κ3) is 4.51. The van der Waals surface area contributed by atoms with Crippen molar-refractivity contribution >= 4 is 15.7 Å². The molecule has 0 aromatic heterocycles. The molecule has 0 bridgehead atoms. The molecule has 1 aliphatic heterocycles. The molecule has 1 atom stereocenters. The zero-order valence-corrected chi connectivity index (χ0v) is 17.4. The Balaban J connectivity index is 1.81. The number of hydrogen-bond donors (Lipinski definition) is 1. The van der Waals surface area contributed by atoms with E-state index in [9.17, 15) is 8.42 Å². The van der Waals surface area contributed by atoms with Gasteiger partial charge in [-0.05, 0) is 44.2 Å². The number of ether oxygens (including phenoxy) is 3. The predicted molar refractivity (Wildman–Crippen MR) is 108 cm³/mol. The van der Waals surface area contributed by atoms with E-state index in [2.05, 4.69) is 16.7 Å². The number of nitrogens with zero attached hydrogens (tertiary/aromatic N) is 1. The molecule has 3 rings (SSSR count). The highest BCUT2D eigenvalue weighted by atomic mass is 32.2. The van der Waals surface area contributed by atoms with Gasteiger partial charge in [-0.1, -0.05) is 6.07 Å². The van der Waals surface area contributed by atoms with Crippen molar-refractivity contribution in [2.45, 2.75) is 24.3 Å². The SMILES string of the molecule is COc1ccc(S(=O)(=O)Nc2ccc(C)c(O[C@@H]3CCN(C)C3)c2)cc1OC. The lowest BCUT2D eigenvalue weighted by molar-refractivity contribution is 0.207. The molecular weight excluding hydrogens is 380 g/mol. The molecule has 0 amide bonds. The van der Waals surface area contributed by atoms with Crippen molar-refractivity contribution in [2.75, 3.05) is 39.1 Å². The second kappa shape index (κ2) is 8.28. The van der Waals surface area contributed by atoms with Gasteiger partial charge in [-0.2, -0.15) is 0 Å². The molecule has 7 nitrogen and oxygen atoms in total. The number of nitrogens with one attached hydrogen (secondary N) is 1. The summed E-state index contributed by atoms with van der Waals surface area (Å²) in [6.07, 6.45) is 1.07. The number of anilines is 1. The molecule has 152 valence electrons. The van der Waals surface area contributed by atoms with Crippen LogP contribution in [0.1, 0.15) is 12.0 Å². The van der Waals surface area contributed by atoms with E-state index in [1.54, 1.807) is 18.2 Å². The third-order valence-corrected chi connectivity index (χ3v) is 6.13. The van der Waals surface area contributed by atoms with Crippen molar-refractivity contribution in [3.05, 3.63) is 42.0 Å². The lowest BCUT2D eigenvalue weighted by Gasteiger charge is -2.17. The number of aryl methyl sites for hydroxylation is 1. The number of rotatable bonds is 7. The van der Waals surface area contributed by atoms with Crippen LogP contribution >= 0.6 is 0 Å². The molecule has 2 aromatic carbocycles. The number of likely N-dealkylation sites (N-methyl/N-ethyl adjacent to an activating group) is 1. The van der Waals surface area contributed by atoms with Crippen LogP contribution in [0.4, 0.5) is 5.69 Å². The van der Waals surface area contributed by atoms with Gasteiger partial charge in [0.2, 0.25) is 0 Å². The highest BCUT2D eigenvalue weighted by Crippen LogP contribution is 2.31. The minimum absolute atomic E-state index is 0.0885. The normalized spacial score (nSPS) is 17.4. The van der Waals surface area contributed by atoms with Gasteiger partial charge in [0.1, 0.15) is 11.9 Å². The highest BCUT2D eigenvalue weighted by Gasteiger charge is 2.22. The van der Waals surface area contributed by atoms with Crippen molar-refractivity contribution < 1.29 is 22.6 Å². The van der Waals surface area contributed by atoms with Crippen molar-refractivity contribution in [3.63, 3.8) is 0 Å². The van der Waals surface area contributed by atoms with E-state index < -0.39 is 10.0 Å². The Morgan fingerprint density at radius 3 is 2.43 bits per heavy atom. The first-order valence-corrected chi connectivity index (χ1v) is 10.5. The van der Waals surface area contributed by atoms with Gasteiger partial charge >= 0.3 is 0 Å². The molecular formula is C20H26N2O5S. The first-order chi connectivity index (χ1) is 13.3. The minimum atomic E-state index is -3.79. The number of benzene rings is 2. The molecule has 1 N–H and O–H groups in total. The largest absolute Gasteiger partial charge is 0.493 e. The Morgan fingerprint density at radius 2 is 1.79 bits per heavy atom. The van der Waals surface area contributed by atoms with E-state index in [1.165, 1.54) is 26.4 Å². The van der Waals surface area contributed by atoms with Gasteiger partial charge in [0.15, 0.2) is 11.5 Å². The summed E-state index contributed by atoms with van der Waals surface area (Å²) in [7, 11) is 1.24. The van der Waals surface area contributed by atoms with Crippen LogP contribution in [0, 0.1) is 6.92 Å². The first-order valence-electron chi connectivity index (χ1n) is 9.03. The Labute approximate surface area is 166 Å². The maximum absolute atomic E-state index is 12.8. The van der Waals surface area contributed by atoms with Crippen molar-refractivity contribution in [1.82, 2.24) is 4.90 Å². The molecule has 2 aromatic rings. The molecule has 0 saturated carbocycles. The Morgan fingerprint density at radius 1 is 1.04 bits per heavy atom. The van der Waals surface area contributed by atoms with Gasteiger partial charge in [-0.3, -0.25) is 4.72 Å². The average Bonchev–Trinajstić information content (AvgIpc) is 3.08. The van der Waals surface area contributed by atoms with E-state index >= 15 is 0 Å². The van der Waals surface area contributed by atoms with Crippen molar-refractivity contribution in [1.29, 1.82) is 0 Å². The lowest BCUT2D eigenvalue weighted by Crippen LogP contribution is -2.21. The van der Waals surface area contributed by atoms with Crippen molar-refractivity contribution in [3.8, 4) is 17.2 Å². The predicted octanol–water partition coefficient (Wildman–Crippen LogP) is 2.90. The van der Waals surface area contributed by atoms with E-state index in [4.69, 9.17) is 14.2 Å². The minimum Gasteiger partial charge on any atom is -0.493 e. The molecule has 0 spiro atoms. The van der Waals surface area contributed by atoms with Gasteiger partial charge in [-0.25, -0.2) is 8.42 Å². The molecule has 0 radical (unpaired) electrons. The summed E-state index contributed by atoms with van der Waals surface area (Å²) < 4.78 is 44.7. The van der Waals surface area contributed by atoms with E-state index in [0.717, 1.165) is 25.1 Å². The van der Waals surface area contributed by atoms with Gasteiger partial charge in [0.05, 0.1) is 24.8 Å². The van der Waals surface area contributed by atoms with E-state index in [0.29, 0.717) is 22.9 Å². The molecule has 1 saturated heterocycles. The zero-order chi connectivity index (χ0) is 20.3. The van der Waals surface area contributed by atoms with Crippen LogP contribution in [0.2, 0.25) is 0 Å². The highest BCUT2D eigenvalue weighted by molar-refractivity contribution is 7.92. The smallest absolute Gasteiger partial charge is 0.262 e. The second-order valence-electron chi connectivity index (χ2n) is 6.89. The van der Waals surface area contributed by atoms with Crippen LogP contribution < -0.4 is 18.9 Å². The molecule has 8 heteroatoms. The van der Waals surface area contributed by atoms with Crippen LogP contribution in [0.3, 0.4) is 0 Å². The maximum Gasteiger partial charge on any atom is 0.262 e. The fraction of sp³-hybridized carbons (Fsp3) is 0.400. The van der Waals surface area contributed by atoms with Gasteiger partial charge in [-0.15, -0.1) is 0 Å². The fourth-order valence-electron chi connectivity index (χ4n) is 3.16. The number of hydrogen-bond acceptors (Lipinski definition) is 6. The quantitative estimate of drug-likeness (QED) is 0.762. The Bertz CT molecular complexity index is 946. The fourth-order valence-corrected chi connectivity index (χ4v) is 4.22. The van der Waals surface area contributed by atoms with Gasteiger partial charge in [0.25, 0.3) is 10.0 Å². The van der Waals surface area contributed by atoms with Crippen LogP contribution in [-0.2, 0) is 10.0 Å². The number of methoxy groups -OCH3 is 2. The number of sulfonamides is 1. The second-order valence-corrected chi connectivity index (χ2v) is 8.58. The van der Waals surface area contributed by atoms with Crippen molar-refractivity contribution in [2.24, 2.45) is 0 Å². The van der Waals surface area contributed by atoms with Gasteiger partial charge < -0.3 is 19.1 Å². The van der Waals surface area contributed by atoms with Gasteiger partial charge in [0, 0.05) is 25.2 Å². The molecule has 1 aliphatic rings. The molecule has 0 aliphatic carbocycles. The average molecular weight is 407 g/mol. The summed E-state index contributed by atoms with van der Waals surface area (Å²) in [6, 6.07) is 9.77. The molecule has 1 fully saturated rings. The van der Waals surface area contributed by atoms with Crippen LogP contribution in [0.15, 0.2) is 41.3 Å². The Hall–Kier alpha value is -2.45. The first kappa shape index (κ1) is 20.3. The standard InChI is InChI=1S/C20H26N2O5S/c1-14-5-6-15(11-19(14)27-16-9-10-22(2)13-16)21-28(23,24)17-7-8-18(25-3)20(12-17)26-4/h5-8,11-12,16,21H,9-10,13H2,1-4H3/t16-/m1/s1. The maximum atomic E-state index is 12.8. The summed E-state index contributed by atoms with van der Waals surface area (Å²) in [5, 5.41) is 0. The topological polar surface area (TPSA) is 77.1 Å². The monoisotopic (exact) mass is 406 g/mol. The molecule has 28 heavy (non-hydrogen) atoms. The summed E-state index contributed by atoms with van der Waals surface area (Å²) >= 11 is 0. The summed E-state index contributed by atoms with van der Waals surface area (Å²) in [6.45, 7) is 3.80. The Kier molecular flexibility index (Phi) is 6.00. The van der Waals surface area contributed by atoms with Crippen LogP contribution in [0.5, 0.6) is 17.2 Å². The summed E-state index contributed by atoms with van der Waals surface area (Å²) in [5.41, 5.74) is 1.41. The molecule has 0 unspecified atom stereocenters.